The molecule has 1 N–H and O–H groups in total. The van der Waals surface area contributed by atoms with Crippen molar-refractivity contribution in [1.82, 2.24) is 10.2 Å². The second-order valence-electron chi connectivity index (χ2n) is 4.93. The number of hydrogen-bond donors (Lipinski definition) is 1. The van der Waals surface area contributed by atoms with E-state index in [0.717, 1.165) is 0 Å². The van der Waals surface area contributed by atoms with E-state index in [2.05, 4.69) is 5.32 Å². The Morgan fingerprint density at radius 3 is 2.40 bits per heavy atom. The molecule has 1 heterocycles. The number of amides is 1. The number of nitrogens with one attached hydrogen (secondary N) is 1. The van der Waals surface area contributed by atoms with Crippen molar-refractivity contribution in [3.05, 3.63) is 34.9 Å². The highest BCUT2D eigenvalue weighted by atomic mass is 35.5. The van der Waals surface area contributed by atoms with E-state index in [1.165, 1.54) is 0 Å². The zero-order chi connectivity index (χ0) is 14.7. The van der Waals surface area contributed by atoms with Gasteiger partial charge in [0.05, 0.1) is 12.2 Å². The van der Waals surface area contributed by atoms with Crippen LogP contribution in [0.4, 0.5) is 0 Å². The zero-order valence-electron chi connectivity index (χ0n) is 11.4. The first-order chi connectivity index (χ1) is 9.45. The standard InChI is InChI=1S/C14H17ClN2O2S/c1-9-7-17(8-10(2)19-9)14(20)16-13(18)11-3-5-12(15)6-4-11/h3-6,9-10H,7-8H2,1-2H3,(H,16,18,20)/t9-,10-/m1/s1. The van der Waals surface area contributed by atoms with Gasteiger partial charge < -0.3 is 9.64 Å². The Kier molecular flexibility index (Phi) is 4.96. The molecule has 2 atom stereocenters. The van der Waals surface area contributed by atoms with Crippen LogP contribution in [0, 0.1) is 0 Å². The van der Waals surface area contributed by atoms with E-state index in [4.69, 9.17) is 28.6 Å². The molecule has 1 saturated heterocycles. The van der Waals surface area contributed by atoms with E-state index in [-0.39, 0.29) is 18.1 Å². The highest BCUT2D eigenvalue weighted by Gasteiger charge is 2.24. The second kappa shape index (κ2) is 6.52. The van der Waals surface area contributed by atoms with E-state index in [1.807, 2.05) is 18.7 Å². The lowest BCUT2D eigenvalue weighted by atomic mass is 10.2. The molecule has 0 radical (unpaired) electrons. The molecule has 1 aromatic carbocycles. The number of nitrogens with zero attached hydrogens (tertiary/aromatic N) is 1. The molecule has 108 valence electrons. The number of rotatable bonds is 1. The molecule has 2 rings (SSSR count). The summed E-state index contributed by atoms with van der Waals surface area (Å²) < 4.78 is 5.64. The molecule has 1 aliphatic rings. The van der Waals surface area contributed by atoms with Gasteiger partial charge in [0, 0.05) is 23.7 Å². The molecule has 0 bridgehead atoms. The fraction of sp³-hybridized carbons (Fsp3) is 0.429. The number of halogens is 1. The molecule has 1 amide bonds. The second-order valence-corrected chi connectivity index (χ2v) is 5.75. The van der Waals surface area contributed by atoms with Gasteiger partial charge in [-0.2, -0.15) is 0 Å². The Hall–Kier alpha value is -1.17. The van der Waals surface area contributed by atoms with Gasteiger partial charge in [0.25, 0.3) is 5.91 Å². The summed E-state index contributed by atoms with van der Waals surface area (Å²) in [5, 5.41) is 3.78. The third-order valence-corrected chi connectivity index (χ3v) is 3.65. The molecule has 6 heteroatoms. The van der Waals surface area contributed by atoms with Crippen LogP contribution in [-0.4, -0.2) is 41.2 Å². The number of ether oxygens (including phenoxy) is 1. The van der Waals surface area contributed by atoms with E-state index < -0.39 is 0 Å². The molecule has 1 fully saturated rings. The van der Waals surface area contributed by atoms with Crippen molar-refractivity contribution in [2.75, 3.05) is 13.1 Å². The summed E-state index contributed by atoms with van der Waals surface area (Å²) in [5.41, 5.74) is 0.533. The van der Waals surface area contributed by atoms with Crippen molar-refractivity contribution in [3.8, 4) is 0 Å². The zero-order valence-corrected chi connectivity index (χ0v) is 13.0. The number of hydrogen-bond acceptors (Lipinski definition) is 3. The molecule has 0 spiro atoms. The molecular formula is C14H17ClN2O2S. The number of morpholine rings is 1. The third kappa shape index (κ3) is 3.91. The Bertz CT molecular complexity index is 496. The van der Waals surface area contributed by atoms with Crippen LogP contribution >= 0.6 is 23.8 Å². The van der Waals surface area contributed by atoms with Crippen LogP contribution in [-0.2, 0) is 4.74 Å². The molecule has 1 aliphatic heterocycles. The van der Waals surface area contributed by atoms with Crippen LogP contribution in [0.1, 0.15) is 24.2 Å². The first-order valence-electron chi connectivity index (χ1n) is 6.47. The van der Waals surface area contributed by atoms with Gasteiger partial charge in [0.15, 0.2) is 5.11 Å². The van der Waals surface area contributed by atoms with E-state index in [9.17, 15) is 4.79 Å². The van der Waals surface area contributed by atoms with Crippen LogP contribution in [0.2, 0.25) is 5.02 Å². The van der Waals surface area contributed by atoms with Gasteiger partial charge >= 0.3 is 0 Å². The molecule has 0 aliphatic carbocycles. The summed E-state index contributed by atoms with van der Waals surface area (Å²) in [6.45, 7) is 5.35. The Morgan fingerprint density at radius 1 is 1.30 bits per heavy atom. The van der Waals surface area contributed by atoms with Crippen molar-refractivity contribution in [1.29, 1.82) is 0 Å². The van der Waals surface area contributed by atoms with Crippen LogP contribution in [0.25, 0.3) is 0 Å². The lowest BCUT2D eigenvalue weighted by Gasteiger charge is -2.36. The summed E-state index contributed by atoms with van der Waals surface area (Å²) in [5.74, 6) is -0.224. The lowest BCUT2D eigenvalue weighted by Crippen LogP contribution is -2.52. The van der Waals surface area contributed by atoms with Gasteiger partial charge in [0.1, 0.15) is 0 Å². The fourth-order valence-electron chi connectivity index (χ4n) is 2.19. The average Bonchev–Trinajstić information content (AvgIpc) is 2.38. The Labute approximate surface area is 129 Å². The molecule has 0 unspecified atom stereocenters. The maximum atomic E-state index is 12.1. The SMILES string of the molecule is C[C@@H]1CN(C(=S)NC(=O)c2ccc(Cl)cc2)C[C@@H](C)O1. The lowest BCUT2D eigenvalue weighted by molar-refractivity contribution is -0.0481. The van der Waals surface area contributed by atoms with Crippen LogP contribution in [0.15, 0.2) is 24.3 Å². The Balaban J connectivity index is 1.97. The monoisotopic (exact) mass is 312 g/mol. The largest absolute Gasteiger partial charge is 0.372 e. The normalized spacial score (nSPS) is 22.4. The molecule has 1 aromatic rings. The van der Waals surface area contributed by atoms with Crippen LogP contribution in [0.3, 0.4) is 0 Å². The van der Waals surface area contributed by atoms with Gasteiger partial charge in [0.2, 0.25) is 0 Å². The van der Waals surface area contributed by atoms with E-state index in [0.29, 0.717) is 28.8 Å². The predicted molar refractivity (Wildman–Crippen MR) is 83.1 cm³/mol. The molecule has 0 aromatic heterocycles. The summed E-state index contributed by atoms with van der Waals surface area (Å²) in [4.78, 5) is 14.0. The van der Waals surface area contributed by atoms with Gasteiger partial charge in [-0.15, -0.1) is 0 Å². The topological polar surface area (TPSA) is 41.6 Å². The summed E-state index contributed by atoms with van der Waals surface area (Å²) in [7, 11) is 0. The Morgan fingerprint density at radius 2 is 1.85 bits per heavy atom. The number of carbonyl (C=O) groups excluding carboxylic acids is 1. The molecule has 4 nitrogen and oxygen atoms in total. The minimum Gasteiger partial charge on any atom is -0.372 e. The van der Waals surface area contributed by atoms with E-state index >= 15 is 0 Å². The van der Waals surface area contributed by atoms with Gasteiger partial charge in [-0.3, -0.25) is 10.1 Å². The maximum absolute atomic E-state index is 12.1. The van der Waals surface area contributed by atoms with Crippen molar-refractivity contribution in [3.63, 3.8) is 0 Å². The third-order valence-electron chi connectivity index (χ3n) is 3.03. The maximum Gasteiger partial charge on any atom is 0.257 e. The minimum absolute atomic E-state index is 0.101. The van der Waals surface area contributed by atoms with Crippen molar-refractivity contribution in [2.45, 2.75) is 26.1 Å². The molecule has 20 heavy (non-hydrogen) atoms. The van der Waals surface area contributed by atoms with Crippen molar-refractivity contribution >= 4 is 34.8 Å². The molecule has 0 saturated carbocycles. The first-order valence-corrected chi connectivity index (χ1v) is 7.25. The summed E-state index contributed by atoms with van der Waals surface area (Å²) in [6, 6.07) is 6.70. The molecular weight excluding hydrogens is 296 g/mol. The first kappa shape index (κ1) is 15.2. The number of thiocarbonyl (C=S) groups is 1. The number of benzene rings is 1. The summed E-state index contributed by atoms with van der Waals surface area (Å²) >= 11 is 11.1. The quantitative estimate of drug-likeness (QED) is 0.809. The van der Waals surface area contributed by atoms with Gasteiger partial charge in [-0.25, -0.2) is 0 Å². The highest BCUT2D eigenvalue weighted by Crippen LogP contribution is 2.12. The van der Waals surface area contributed by atoms with Crippen LogP contribution < -0.4 is 5.32 Å². The average molecular weight is 313 g/mol. The minimum atomic E-state index is -0.224. The highest BCUT2D eigenvalue weighted by molar-refractivity contribution is 7.80. The van der Waals surface area contributed by atoms with Gasteiger partial charge in [-0.05, 0) is 50.3 Å². The fourth-order valence-corrected chi connectivity index (χ4v) is 2.56. The van der Waals surface area contributed by atoms with Gasteiger partial charge in [-0.1, -0.05) is 11.6 Å². The summed E-state index contributed by atoms with van der Waals surface area (Å²) in [6.07, 6.45) is 0.202. The smallest absolute Gasteiger partial charge is 0.257 e. The van der Waals surface area contributed by atoms with Crippen molar-refractivity contribution < 1.29 is 9.53 Å². The predicted octanol–water partition coefficient (Wildman–Crippen LogP) is 2.46. The van der Waals surface area contributed by atoms with Crippen LogP contribution in [0.5, 0.6) is 0 Å². The number of carbonyl (C=O) groups is 1. The van der Waals surface area contributed by atoms with E-state index in [1.54, 1.807) is 24.3 Å². The van der Waals surface area contributed by atoms with Crippen molar-refractivity contribution in [2.24, 2.45) is 0 Å².